The molecule has 1 aromatic carbocycles. The predicted molar refractivity (Wildman–Crippen MR) is 74.8 cm³/mol. The third-order valence-corrected chi connectivity index (χ3v) is 2.96. The van der Waals surface area contributed by atoms with Gasteiger partial charge in [0.25, 0.3) is 0 Å². The summed E-state index contributed by atoms with van der Waals surface area (Å²) < 4.78 is 10.6. The molecule has 0 radical (unpaired) electrons. The molecule has 0 N–H and O–H groups in total. The molecule has 0 aliphatic heterocycles. The Kier molecular flexibility index (Phi) is 3.85. The van der Waals surface area contributed by atoms with Crippen LogP contribution in [0.1, 0.15) is 17.1 Å². The summed E-state index contributed by atoms with van der Waals surface area (Å²) in [4.78, 5) is 8.30. The van der Waals surface area contributed by atoms with E-state index in [1.807, 2.05) is 38.1 Å². The summed E-state index contributed by atoms with van der Waals surface area (Å²) in [5.74, 6) is 1.46. The van der Waals surface area contributed by atoms with Crippen molar-refractivity contribution >= 4 is 0 Å². The maximum absolute atomic E-state index is 8.97. The minimum absolute atomic E-state index is 0.161. The van der Waals surface area contributed by atoms with Gasteiger partial charge in [-0.05, 0) is 37.6 Å². The molecule has 0 atom stereocenters. The van der Waals surface area contributed by atoms with Crippen molar-refractivity contribution in [2.75, 3.05) is 14.2 Å². The van der Waals surface area contributed by atoms with Crippen LogP contribution in [0.2, 0.25) is 0 Å². The zero-order chi connectivity index (χ0) is 14.7. The van der Waals surface area contributed by atoms with Crippen LogP contribution < -0.4 is 9.47 Å². The SMILES string of the molecule is COc1cc(C)c(-c2cc(C)nc(C#N)n2)cc1OC. The van der Waals surface area contributed by atoms with Gasteiger partial charge in [0, 0.05) is 11.3 Å². The summed E-state index contributed by atoms with van der Waals surface area (Å²) in [6, 6.07) is 7.56. The Bertz CT molecular complexity index is 690. The van der Waals surface area contributed by atoms with Crippen molar-refractivity contribution in [2.45, 2.75) is 13.8 Å². The van der Waals surface area contributed by atoms with E-state index in [2.05, 4.69) is 9.97 Å². The second-order valence-electron chi connectivity index (χ2n) is 4.35. The number of rotatable bonds is 3. The van der Waals surface area contributed by atoms with E-state index in [0.717, 1.165) is 16.8 Å². The average Bonchev–Trinajstić information content (AvgIpc) is 2.46. The molecule has 2 aromatic rings. The average molecular weight is 269 g/mol. The summed E-state index contributed by atoms with van der Waals surface area (Å²) in [7, 11) is 3.18. The summed E-state index contributed by atoms with van der Waals surface area (Å²) in [5, 5.41) is 8.97. The molecule has 2 rings (SSSR count). The highest BCUT2D eigenvalue weighted by Crippen LogP contribution is 2.34. The molecule has 0 saturated carbocycles. The van der Waals surface area contributed by atoms with Crippen LogP contribution in [0.3, 0.4) is 0 Å². The van der Waals surface area contributed by atoms with E-state index in [1.165, 1.54) is 0 Å². The van der Waals surface area contributed by atoms with Crippen molar-refractivity contribution in [1.82, 2.24) is 9.97 Å². The summed E-state index contributed by atoms with van der Waals surface area (Å²) in [6.45, 7) is 3.79. The molecule has 0 spiro atoms. The lowest BCUT2D eigenvalue weighted by Gasteiger charge is -2.12. The summed E-state index contributed by atoms with van der Waals surface area (Å²) in [6.07, 6.45) is 0. The highest BCUT2D eigenvalue weighted by atomic mass is 16.5. The van der Waals surface area contributed by atoms with Gasteiger partial charge < -0.3 is 9.47 Å². The Morgan fingerprint density at radius 3 is 2.25 bits per heavy atom. The van der Waals surface area contributed by atoms with Crippen LogP contribution in [0.25, 0.3) is 11.3 Å². The number of benzene rings is 1. The molecule has 102 valence electrons. The number of hydrogen-bond donors (Lipinski definition) is 0. The maximum Gasteiger partial charge on any atom is 0.232 e. The smallest absolute Gasteiger partial charge is 0.232 e. The molecule has 1 heterocycles. The molecule has 0 amide bonds. The van der Waals surface area contributed by atoms with Gasteiger partial charge in [0.05, 0.1) is 19.9 Å². The number of methoxy groups -OCH3 is 2. The largest absolute Gasteiger partial charge is 0.493 e. The monoisotopic (exact) mass is 269 g/mol. The fourth-order valence-corrected chi connectivity index (χ4v) is 2.01. The highest BCUT2D eigenvalue weighted by Gasteiger charge is 2.12. The van der Waals surface area contributed by atoms with E-state index in [-0.39, 0.29) is 5.82 Å². The van der Waals surface area contributed by atoms with Crippen molar-refractivity contribution in [2.24, 2.45) is 0 Å². The van der Waals surface area contributed by atoms with Gasteiger partial charge in [-0.15, -0.1) is 0 Å². The van der Waals surface area contributed by atoms with Crippen LogP contribution in [0.5, 0.6) is 11.5 Å². The van der Waals surface area contributed by atoms with E-state index in [1.54, 1.807) is 14.2 Å². The first-order valence-electron chi connectivity index (χ1n) is 6.07. The molecule has 0 fully saturated rings. The molecule has 1 aromatic heterocycles. The summed E-state index contributed by atoms with van der Waals surface area (Å²) >= 11 is 0. The molecule has 0 bridgehead atoms. The van der Waals surface area contributed by atoms with Gasteiger partial charge >= 0.3 is 0 Å². The van der Waals surface area contributed by atoms with Crippen molar-refractivity contribution in [3.05, 3.63) is 35.3 Å². The maximum atomic E-state index is 8.97. The fourth-order valence-electron chi connectivity index (χ4n) is 2.01. The van der Waals surface area contributed by atoms with Crippen LogP contribution in [0.15, 0.2) is 18.2 Å². The minimum atomic E-state index is 0.161. The van der Waals surface area contributed by atoms with Gasteiger partial charge in [0.15, 0.2) is 11.5 Å². The lowest BCUT2D eigenvalue weighted by atomic mass is 10.0. The predicted octanol–water partition coefficient (Wildman–Crippen LogP) is 2.65. The Hall–Kier alpha value is -2.61. The second kappa shape index (κ2) is 5.57. The van der Waals surface area contributed by atoms with Crippen LogP contribution in [-0.2, 0) is 0 Å². The molecular formula is C15H15N3O2. The van der Waals surface area contributed by atoms with Crippen molar-refractivity contribution in [3.63, 3.8) is 0 Å². The second-order valence-corrected chi connectivity index (χ2v) is 4.35. The van der Waals surface area contributed by atoms with E-state index >= 15 is 0 Å². The molecule has 0 aliphatic carbocycles. The lowest BCUT2D eigenvalue weighted by molar-refractivity contribution is 0.355. The fraction of sp³-hybridized carbons (Fsp3) is 0.267. The number of nitriles is 1. The Morgan fingerprint density at radius 2 is 1.65 bits per heavy atom. The van der Waals surface area contributed by atoms with E-state index in [0.29, 0.717) is 17.2 Å². The molecule has 0 saturated heterocycles. The van der Waals surface area contributed by atoms with Gasteiger partial charge in [-0.3, -0.25) is 0 Å². The summed E-state index contributed by atoms with van der Waals surface area (Å²) in [5.41, 5.74) is 3.34. The van der Waals surface area contributed by atoms with Crippen LogP contribution in [0.4, 0.5) is 0 Å². The van der Waals surface area contributed by atoms with Gasteiger partial charge in [-0.25, -0.2) is 9.97 Å². The molecule has 0 aliphatic rings. The first-order valence-corrected chi connectivity index (χ1v) is 6.07. The minimum Gasteiger partial charge on any atom is -0.493 e. The number of nitrogens with zero attached hydrogens (tertiary/aromatic N) is 3. The molecular weight excluding hydrogens is 254 g/mol. The standard InChI is InChI=1S/C15H15N3O2/c1-9-5-13(19-3)14(20-4)7-11(9)12-6-10(2)17-15(8-16)18-12/h5-7H,1-4H3. The van der Waals surface area contributed by atoms with E-state index in [4.69, 9.17) is 14.7 Å². The zero-order valence-electron chi connectivity index (χ0n) is 11.9. The van der Waals surface area contributed by atoms with E-state index < -0.39 is 0 Å². The van der Waals surface area contributed by atoms with Crippen LogP contribution >= 0.6 is 0 Å². The van der Waals surface area contributed by atoms with Crippen molar-refractivity contribution in [3.8, 4) is 28.8 Å². The third-order valence-electron chi connectivity index (χ3n) is 2.96. The Labute approximate surface area is 117 Å². The Morgan fingerprint density at radius 1 is 1.00 bits per heavy atom. The number of aromatic nitrogens is 2. The molecule has 0 unspecified atom stereocenters. The Balaban J connectivity index is 2.64. The molecule has 5 nitrogen and oxygen atoms in total. The first-order chi connectivity index (χ1) is 9.58. The van der Waals surface area contributed by atoms with Gasteiger partial charge in [-0.1, -0.05) is 0 Å². The van der Waals surface area contributed by atoms with E-state index in [9.17, 15) is 0 Å². The lowest BCUT2D eigenvalue weighted by Crippen LogP contribution is -1.98. The third kappa shape index (κ3) is 2.54. The number of aryl methyl sites for hydroxylation is 2. The highest BCUT2D eigenvalue weighted by molar-refractivity contribution is 5.68. The van der Waals surface area contributed by atoms with Gasteiger partial charge in [0.2, 0.25) is 5.82 Å². The van der Waals surface area contributed by atoms with Crippen LogP contribution in [-0.4, -0.2) is 24.2 Å². The topological polar surface area (TPSA) is 68.0 Å². The van der Waals surface area contributed by atoms with Gasteiger partial charge in [-0.2, -0.15) is 5.26 Å². The van der Waals surface area contributed by atoms with Crippen molar-refractivity contribution < 1.29 is 9.47 Å². The quantitative estimate of drug-likeness (QED) is 0.856. The molecule has 5 heteroatoms. The van der Waals surface area contributed by atoms with Crippen LogP contribution in [0, 0.1) is 25.2 Å². The number of ether oxygens (including phenoxy) is 2. The van der Waals surface area contributed by atoms with Gasteiger partial charge in [0.1, 0.15) is 6.07 Å². The first kappa shape index (κ1) is 13.8. The normalized spacial score (nSPS) is 9.95. The van der Waals surface area contributed by atoms with Crippen molar-refractivity contribution in [1.29, 1.82) is 5.26 Å². The number of hydrogen-bond acceptors (Lipinski definition) is 5. The zero-order valence-corrected chi connectivity index (χ0v) is 11.9. The molecule has 20 heavy (non-hydrogen) atoms.